The Balaban J connectivity index is 1.48. The fourth-order valence-corrected chi connectivity index (χ4v) is 3.74. The normalized spacial score (nSPS) is 20.2. The van der Waals surface area contributed by atoms with Gasteiger partial charge in [-0.1, -0.05) is 25.7 Å². The molecule has 2 amide bonds. The third kappa shape index (κ3) is 4.27. The average Bonchev–Trinajstić information content (AvgIpc) is 2.92. The first kappa shape index (κ1) is 16.8. The zero-order valence-electron chi connectivity index (χ0n) is 14.2. The van der Waals surface area contributed by atoms with Gasteiger partial charge in [-0.15, -0.1) is 0 Å². The average molecular weight is 326 g/mol. The first-order valence-corrected chi connectivity index (χ1v) is 9.06. The summed E-state index contributed by atoms with van der Waals surface area (Å²) < 4.78 is 0. The minimum Gasteiger partial charge on any atom is -0.322 e. The maximum Gasteiger partial charge on any atom is 0.321 e. The van der Waals surface area contributed by atoms with E-state index in [1.165, 1.54) is 38.5 Å². The summed E-state index contributed by atoms with van der Waals surface area (Å²) in [5.41, 5.74) is 1.34. The molecule has 1 aliphatic heterocycles. The second-order valence-corrected chi connectivity index (χ2v) is 6.79. The maximum absolute atomic E-state index is 12.4. The van der Waals surface area contributed by atoms with E-state index in [4.69, 9.17) is 5.26 Å². The van der Waals surface area contributed by atoms with Crippen LogP contribution in [0.2, 0.25) is 0 Å². The zero-order chi connectivity index (χ0) is 16.8. The van der Waals surface area contributed by atoms with E-state index in [0.29, 0.717) is 5.56 Å². The van der Waals surface area contributed by atoms with Crippen molar-refractivity contribution >= 4 is 11.7 Å². The molecule has 1 aliphatic carbocycles. The number of rotatable bonds is 2. The minimum atomic E-state index is -0.0415. The zero-order valence-corrected chi connectivity index (χ0v) is 14.2. The van der Waals surface area contributed by atoms with Crippen LogP contribution in [0, 0.1) is 11.3 Å². The van der Waals surface area contributed by atoms with E-state index in [2.05, 4.69) is 16.3 Å². The Kier molecular flexibility index (Phi) is 5.71. The van der Waals surface area contributed by atoms with Gasteiger partial charge in [0.05, 0.1) is 11.6 Å². The van der Waals surface area contributed by atoms with Crippen molar-refractivity contribution < 1.29 is 4.79 Å². The van der Waals surface area contributed by atoms with Gasteiger partial charge in [-0.2, -0.15) is 5.26 Å². The van der Waals surface area contributed by atoms with Crippen molar-refractivity contribution in [3.05, 3.63) is 29.8 Å². The maximum atomic E-state index is 12.4. The summed E-state index contributed by atoms with van der Waals surface area (Å²) in [6.07, 6.45) is 8.09. The van der Waals surface area contributed by atoms with Crippen LogP contribution in [0.5, 0.6) is 0 Å². The predicted octanol–water partition coefficient (Wildman–Crippen LogP) is 3.43. The molecule has 5 heteroatoms. The molecule has 1 saturated carbocycles. The standard InChI is InChI=1S/C19H26N4O/c20-15-16-7-9-17(10-8-16)21-19(24)23-13-11-22(12-14-23)18-5-3-1-2-4-6-18/h7-10,18H,1-6,11-14H2,(H,21,24). The Morgan fingerprint density at radius 3 is 2.21 bits per heavy atom. The fraction of sp³-hybridized carbons (Fsp3) is 0.579. The number of anilines is 1. The van der Waals surface area contributed by atoms with Crippen LogP contribution in [0.1, 0.15) is 44.1 Å². The highest BCUT2D eigenvalue weighted by molar-refractivity contribution is 5.89. The molecule has 1 heterocycles. The summed E-state index contributed by atoms with van der Waals surface area (Å²) in [6.45, 7) is 3.54. The molecule has 1 saturated heterocycles. The van der Waals surface area contributed by atoms with Crippen LogP contribution in [0.3, 0.4) is 0 Å². The highest BCUT2D eigenvalue weighted by Crippen LogP contribution is 2.23. The molecule has 0 atom stereocenters. The van der Waals surface area contributed by atoms with Gasteiger partial charge in [0.15, 0.2) is 0 Å². The smallest absolute Gasteiger partial charge is 0.321 e. The molecule has 1 aromatic rings. The summed E-state index contributed by atoms with van der Waals surface area (Å²) in [7, 11) is 0. The summed E-state index contributed by atoms with van der Waals surface area (Å²) >= 11 is 0. The first-order valence-electron chi connectivity index (χ1n) is 9.06. The second kappa shape index (κ2) is 8.16. The van der Waals surface area contributed by atoms with E-state index in [9.17, 15) is 4.79 Å². The van der Waals surface area contributed by atoms with Crippen molar-refractivity contribution in [3.8, 4) is 6.07 Å². The van der Waals surface area contributed by atoms with Crippen molar-refractivity contribution in [1.82, 2.24) is 9.80 Å². The third-order valence-electron chi connectivity index (χ3n) is 5.21. The number of nitriles is 1. The van der Waals surface area contributed by atoms with Crippen molar-refractivity contribution in [1.29, 1.82) is 5.26 Å². The number of hydrogen-bond acceptors (Lipinski definition) is 3. The quantitative estimate of drug-likeness (QED) is 0.847. The molecule has 0 bridgehead atoms. The van der Waals surface area contributed by atoms with Gasteiger partial charge in [-0.05, 0) is 37.1 Å². The summed E-state index contributed by atoms with van der Waals surface area (Å²) in [5.74, 6) is 0. The van der Waals surface area contributed by atoms with Crippen LogP contribution in [0.4, 0.5) is 10.5 Å². The first-order chi connectivity index (χ1) is 11.8. The molecule has 5 nitrogen and oxygen atoms in total. The van der Waals surface area contributed by atoms with Gasteiger partial charge < -0.3 is 10.2 Å². The van der Waals surface area contributed by atoms with Crippen molar-refractivity contribution in [2.45, 2.75) is 44.6 Å². The van der Waals surface area contributed by atoms with Gasteiger partial charge in [-0.25, -0.2) is 4.79 Å². The molecule has 24 heavy (non-hydrogen) atoms. The molecule has 0 aromatic heterocycles. The Morgan fingerprint density at radius 1 is 1.00 bits per heavy atom. The molecule has 2 fully saturated rings. The van der Waals surface area contributed by atoms with Crippen molar-refractivity contribution in [3.63, 3.8) is 0 Å². The van der Waals surface area contributed by atoms with Crippen molar-refractivity contribution in [2.75, 3.05) is 31.5 Å². The van der Waals surface area contributed by atoms with Gasteiger partial charge in [-0.3, -0.25) is 4.90 Å². The molecule has 0 radical (unpaired) electrons. The van der Waals surface area contributed by atoms with E-state index >= 15 is 0 Å². The van der Waals surface area contributed by atoms with Gasteiger partial charge in [0, 0.05) is 37.9 Å². The number of urea groups is 1. The summed E-state index contributed by atoms with van der Waals surface area (Å²) in [6, 6.07) is 9.76. The number of benzene rings is 1. The molecular weight excluding hydrogens is 300 g/mol. The van der Waals surface area contributed by atoms with Crippen LogP contribution in [0.25, 0.3) is 0 Å². The predicted molar refractivity (Wildman–Crippen MR) is 94.8 cm³/mol. The molecule has 3 rings (SSSR count). The van der Waals surface area contributed by atoms with E-state index in [1.807, 2.05) is 4.90 Å². The number of nitrogens with zero attached hydrogens (tertiary/aromatic N) is 3. The second-order valence-electron chi connectivity index (χ2n) is 6.79. The third-order valence-corrected chi connectivity index (χ3v) is 5.21. The van der Waals surface area contributed by atoms with E-state index in [-0.39, 0.29) is 6.03 Å². The number of nitrogens with one attached hydrogen (secondary N) is 1. The Bertz CT molecular complexity index is 576. The van der Waals surface area contributed by atoms with Gasteiger partial charge in [0.2, 0.25) is 0 Å². The number of carbonyl (C=O) groups excluding carboxylic acids is 1. The van der Waals surface area contributed by atoms with Crippen LogP contribution < -0.4 is 5.32 Å². The van der Waals surface area contributed by atoms with Gasteiger partial charge >= 0.3 is 6.03 Å². The number of carbonyl (C=O) groups is 1. The van der Waals surface area contributed by atoms with Crippen molar-refractivity contribution in [2.24, 2.45) is 0 Å². The lowest BCUT2D eigenvalue weighted by Crippen LogP contribution is -2.52. The van der Waals surface area contributed by atoms with Crippen LogP contribution >= 0.6 is 0 Å². The van der Waals surface area contributed by atoms with E-state index in [1.54, 1.807) is 24.3 Å². The summed E-state index contributed by atoms with van der Waals surface area (Å²) in [5, 5.41) is 11.7. The van der Waals surface area contributed by atoms with Crippen LogP contribution in [-0.4, -0.2) is 48.1 Å². The molecule has 2 aliphatic rings. The summed E-state index contributed by atoms with van der Waals surface area (Å²) in [4.78, 5) is 16.9. The van der Waals surface area contributed by atoms with Crippen LogP contribution in [0.15, 0.2) is 24.3 Å². The fourth-order valence-electron chi connectivity index (χ4n) is 3.74. The largest absolute Gasteiger partial charge is 0.322 e. The number of amides is 2. The lowest BCUT2D eigenvalue weighted by molar-refractivity contribution is 0.105. The topological polar surface area (TPSA) is 59.4 Å². The molecule has 0 unspecified atom stereocenters. The minimum absolute atomic E-state index is 0.0415. The Labute approximate surface area is 144 Å². The Morgan fingerprint density at radius 2 is 1.62 bits per heavy atom. The molecular formula is C19H26N4O. The molecule has 1 aromatic carbocycles. The molecule has 1 N–H and O–H groups in total. The van der Waals surface area contributed by atoms with Gasteiger partial charge in [0.25, 0.3) is 0 Å². The van der Waals surface area contributed by atoms with E-state index < -0.39 is 0 Å². The lowest BCUT2D eigenvalue weighted by atomic mass is 10.1. The van der Waals surface area contributed by atoms with Crippen LogP contribution in [-0.2, 0) is 0 Å². The highest BCUT2D eigenvalue weighted by Gasteiger charge is 2.26. The lowest BCUT2D eigenvalue weighted by Gasteiger charge is -2.39. The monoisotopic (exact) mass is 326 g/mol. The van der Waals surface area contributed by atoms with Gasteiger partial charge in [0.1, 0.15) is 0 Å². The molecule has 128 valence electrons. The number of piperazine rings is 1. The van der Waals surface area contributed by atoms with E-state index in [0.717, 1.165) is 37.9 Å². The Hall–Kier alpha value is -2.06. The highest BCUT2D eigenvalue weighted by atomic mass is 16.2. The SMILES string of the molecule is N#Cc1ccc(NC(=O)N2CCN(C3CCCCCC3)CC2)cc1. The molecule has 0 spiro atoms. The number of hydrogen-bond donors (Lipinski definition) is 1.